The molecule has 6 atom stereocenters. The van der Waals surface area contributed by atoms with Crippen LogP contribution in [-0.2, 0) is 29.3 Å². The fourth-order valence-electron chi connectivity index (χ4n) is 5.87. The molecule has 202 valence electrons. The molecule has 1 aromatic rings. The number of aliphatic hydroxyl groups excluding tert-OH is 1. The molecule has 0 unspecified atom stereocenters. The Hall–Kier alpha value is -3.15. The summed E-state index contributed by atoms with van der Waals surface area (Å²) < 4.78 is 22.2. The highest BCUT2D eigenvalue weighted by Crippen LogP contribution is 2.62. The predicted octanol–water partition coefficient (Wildman–Crippen LogP) is 1.06. The number of carboxylic acids is 1. The first kappa shape index (κ1) is 26.9. The number of likely N-dealkylation sites (N-methyl/N-ethyl adjacent to an activating group) is 1. The van der Waals surface area contributed by atoms with E-state index in [4.69, 9.17) is 19.3 Å². The number of likely N-dealkylation sites (tertiary alicyclic amines) is 1. The molecule has 0 aromatic heterocycles. The van der Waals surface area contributed by atoms with Gasteiger partial charge >= 0.3 is 17.9 Å². The number of hydrogen-bond acceptors (Lipinski definition) is 10. The maximum absolute atomic E-state index is 12.8. The second-order valence-corrected chi connectivity index (χ2v) is 10.0. The SMILES string of the molecule is COc1ccc(C)c2c1O[C@H]1C(OC(=O)C[C@H](O)C(=O)O[C@@H](C)C(=O)O)=CC[C@@]3(O)[C@@H](C)N(C)CC[C@]213. The molecule has 1 aliphatic carbocycles. The molecule has 1 saturated heterocycles. The molecule has 1 fully saturated rings. The van der Waals surface area contributed by atoms with Crippen LogP contribution in [0, 0.1) is 6.92 Å². The van der Waals surface area contributed by atoms with E-state index in [9.17, 15) is 24.6 Å². The smallest absolute Gasteiger partial charge is 0.344 e. The second-order valence-electron chi connectivity index (χ2n) is 10.0. The summed E-state index contributed by atoms with van der Waals surface area (Å²) in [5, 5.41) is 31.2. The van der Waals surface area contributed by atoms with Crippen molar-refractivity contribution in [2.75, 3.05) is 20.7 Å². The number of piperidine rings is 1. The lowest BCUT2D eigenvalue weighted by Gasteiger charge is -2.58. The van der Waals surface area contributed by atoms with Crippen LogP contribution in [-0.4, -0.2) is 88.8 Å². The maximum Gasteiger partial charge on any atom is 0.344 e. The van der Waals surface area contributed by atoms with Crippen molar-refractivity contribution in [3.8, 4) is 11.5 Å². The second kappa shape index (κ2) is 9.62. The van der Waals surface area contributed by atoms with Crippen LogP contribution in [0.1, 0.15) is 44.2 Å². The van der Waals surface area contributed by atoms with E-state index in [2.05, 4.69) is 9.64 Å². The van der Waals surface area contributed by atoms with Gasteiger partial charge in [0.2, 0.25) is 0 Å². The van der Waals surface area contributed by atoms with Gasteiger partial charge in [0.15, 0.2) is 29.8 Å². The molecular weight excluding hydrogens is 486 g/mol. The summed E-state index contributed by atoms with van der Waals surface area (Å²) in [4.78, 5) is 37.7. The van der Waals surface area contributed by atoms with E-state index in [1.165, 1.54) is 7.11 Å². The number of aryl methyl sites for hydroxylation is 1. The number of nitrogens with zero attached hydrogens (tertiary/aromatic N) is 1. The van der Waals surface area contributed by atoms with E-state index in [1.807, 2.05) is 27.0 Å². The normalized spacial score (nSPS) is 30.0. The van der Waals surface area contributed by atoms with E-state index >= 15 is 0 Å². The average Bonchev–Trinajstić information content (AvgIpc) is 3.21. The molecule has 37 heavy (non-hydrogen) atoms. The Bertz CT molecular complexity index is 1150. The minimum Gasteiger partial charge on any atom is -0.493 e. The van der Waals surface area contributed by atoms with Gasteiger partial charge in [0, 0.05) is 18.0 Å². The van der Waals surface area contributed by atoms with Gasteiger partial charge in [-0.25, -0.2) is 9.59 Å². The van der Waals surface area contributed by atoms with Crippen molar-refractivity contribution in [2.45, 2.75) is 75.4 Å². The molecule has 3 aliphatic rings. The summed E-state index contributed by atoms with van der Waals surface area (Å²) in [6.45, 7) is 5.68. The Morgan fingerprint density at radius 2 is 2.00 bits per heavy atom. The van der Waals surface area contributed by atoms with Gasteiger partial charge in [-0.15, -0.1) is 0 Å². The molecule has 0 saturated carbocycles. The summed E-state index contributed by atoms with van der Waals surface area (Å²) in [7, 11) is 3.48. The highest BCUT2D eigenvalue weighted by Gasteiger charge is 2.69. The molecule has 3 N–H and O–H groups in total. The van der Waals surface area contributed by atoms with E-state index in [-0.39, 0.29) is 18.2 Å². The standard InChI is InChI=1S/C26H33NO10/c1-13-6-7-17(34-5)21-20(13)25-10-11-27(4)15(3)26(25,33)9-8-18(22(25)37-21)36-19(29)12-16(28)24(32)35-14(2)23(30)31/h6-8,14-16,22,28,33H,9-12H2,1-5H3,(H,30,31)/t14-,15+,16-,22-,25-,26+/m0/s1. The number of aliphatic hydroxyl groups is 2. The Labute approximate surface area is 214 Å². The number of methoxy groups -OCH3 is 1. The lowest BCUT2D eigenvalue weighted by atomic mass is 9.54. The van der Waals surface area contributed by atoms with Crippen LogP contribution in [0.3, 0.4) is 0 Å². The highest BCUT2D eigenvalue weighted by atomic mass is 16.6. The van der Waals surface area contributed by atoms with Crippen LogP contribution in [0.5, 0.6) is 11.5 Å². The summed E-state index contributed by atoms with van der Waals surface area (Å²) in [5.41, 5.74) is -0.468. The molecule has 1 spiro atoms. The lowest BCUT2D eigenvalue weighted by Crippen LogP contribution is -2.71. The highest BCUT2D eigenvalue weighted by molar-refractivity contribution is 5.84. The first-order valence-corrected chi connectivity index (χ1v) is 12.2. The third kappa shape index (κ3) is 4.14. The number of rotatable bonds is 7. The summed E-state index contributed by atoms with van der Waals surface area (Å²) in [6, 6.07) is 3.45. The number of aliphatic carboxylic acids is 1. The van der Waals surface area contributed by atoms with Crippen molar-refractivity contribution in [2.24, 2.45) is 0 Å². The zero-order chi connectivity index (χ0) is 27.3. The molecule has 4 rings (SSSR count). The molecule has 2 heterocycles. The monoisotopic (exact) mass is 519 g/mol. The Kier molecular flexibility index (Phi) is 7.00. The van der Waals surface area contributed by atoms with Crippen molar-refractivity contribution in [3.63, 3.8) is 0 Å². The Balaban J connectivity index is 1.65. The van der Waals surface area contributed by atoms with Crippen molar-refractivity contribution >= 4 is 17.9 Å². The largest absolute Gasteiger partial charge is 0.493 e. The fourth-order valence-corrected chi connectivity index (χ4v) is 5.87. The first-order chi connectivity index (χ1) is 17.4. The number of hydrogen-bond donors (Lipinski definition) is 3. The number of ether oxygens (including phenoxy) is 4. The molecule has 0 bridgehead atoms. The number of carboxylic acid groups (broad SMARTS) is 1. The third-order valence-corrected chi connectivity index (χ3v) is 8.04. The summed E-state index contributed by atoms with van der Waals surface area (Å²) >= 11 is 0. The molecule has 2 aliphatic heterocycles. The molecule has 11 heteroatoms. The number of carbonyl (C=O) groups is 3. The quantitative estimate of drug-likeness (QED) is 0.443. The molecule has 0 radical (unpaired) electrons. The average molecular weight is 520 g/mol. The minimum atomic E-state index is -1.91. The van der Waals surface area contributed by atoms with Crippen molar-refractivity contribution in [1.82, 2.24) is 4.90 Å². The zero-order valence-electron chi connectivity index (χ0n) is 21.5. The van der Waals surface area contributed by atoms with Crippen molar-refractivity contribution in [3.05, 3.63) is 35.1 Å². The van der Waals surface area contributed by atoms with Crippen molar-refractivity contribution in [1.29, 1.82) is 0 Å². The number of fused-ring (bicyclic) bond motifs is 1. The molecular formula is C26H33NO10. The van der Waals surface area contributed by atoms with Crippen LogP contribution in [0.15, 0.2) is 24.0 Å². The molecule has 1 aromatic carbocycles. The van der Waals surface area contributed by atoms with Crippen molar-refractivity contribution < 1.29 is 48.7 Å². The van der Waals surface area contributed by atoms with Crippen LogP contribution in [0.2, 0.25) is 0 Å². The predicted molar refractivity (Wildman–Crippen MR) is 128 cm³/mol. The van der Waals surface area contributed by atoms with E-state index < -0.39 is 53.7 Å². The summed E-state index contributed by atoms with van der Waals surface area (Å²) in [5.74, 6) is -2.41. The van der Waals surface area contributed by atoms with Gasteiger partial charge in [0.25, 0.3) is 0 Å². The fraction of sp³-hybridized carbons (Fsp3) is 0.577. The Morgan fingerprint density at radius 1 is 1.30 bits per heavy atom. The van der Waals surface area contributed by atoms with E-state index in [1.54, 1.807) is 12.1 Å². The lowest BCUT2D eigenvalue weighted by molar-refractivity contribution is -0.172. The van der Waals surface area contributed by atoms with Gasteiger partial charge in [0.05, 0.1) is 24.5 Å². The van der Waals surface area contributed by atoms with Gasteiger partial charge in [-0.2, -0.15) is 0 Å². The number of esters is 2. The first-order valence-electron chi connectivity index (χ1n) is 12.2. The van der Waals surface area contributed by atoms with Gasteiger partial charge in [-0.05, 0) is 58.5 Å². The van der Waals surface area contributed by atoms with Gasteiger partial charge in [-0.1, -0.05) is 6.07 Å². The maximum atomic E-state index is 12.8. The third-order valence-electron chi connectivity index (χ3n) is 8.04. The van der Waals surface area contributed by atoms with Crippen LogP contribution >= 0.6 is 0 Å². The molecule has 0 amide bonds. The molecule has 11 nitrogen and oxygen atoms in total. The van der Waals surface area contributed by atoms with Crippen LogP contribution in [0.4, 0.5) is 0 Å². The minimum absolute atomic E-state index is 0.170. The van der Waals surface area contributed by atoms with Gasteiger partial charge in [0.1, 0.15) is 5.76 Å². The van der Waals surface area contributed by atoms with Crippen LogP contribution in [0.25, 0.3) is 0 Å². The van der Waals surface area contributed by atoms with Crippen LogP contribution < -0.4 is 9.47 Å². The van der Waals surface area contributed by atoms with Gasteiger partial charge < -0.3 is 39.2 Å². The van der Waals surface area contributed by atoms with E-state index in [0.717, 1.165) is 18.1 Å². The van der Waals surface area contributed by atoms with Gasteiger partial charge in [-0.3, -0.25) is 4.79 Å². The Morgan fingerprint density at radius 3 is 2.65 bits per heavy atom. The number of benzene rings is 1. The number of carbonyl (C=O) groups excluding carboxylic acids is 2. The summed E-state index contributed by atoms with van der Waals surface area (Å²) in [6.07, 6.45) is -2.68. The topological polar surface area (TPSA) is 152 Å². The zero-order valence-corrected chi connectivity index (χ0v) is 21.5. The van der Waals surface area contributed by atoms with E-state index in [0.29, 0.717) is 24.5 Å².